The van der Waals surface area contributed by atoms with E-state index in [0.717, 1.165) is 28.2 Å². The van der Waals surface area contributed by atoms with E-state index in [2.05, 4.69) is 25.8 Å². The van der Waals surface area contributed by atoms with Crippen LogP contribution in [0.4, 0.5) is 8.78 Å². The summed E-state index contributed by atoms with van der Waals surface area (Å²) < 4.78 is 28.6. The number of benzene rings is 2. The number of carbonyl (C=O) groups excluding carboxylic acids is 1. The van der Waals surface area contributed by atoms with Crippen LogP contribution in [0.1, 0.15) is 5.56 Å². The van der Waals surface area contributed by atoms with Gasteiger partial charge in [-0.25, -0.2) is 8.78 Å². The molecule has 0 saturated heterocycles. The first kappa shape index (κ1) is 19.1. The highest BCUT2D eigenvalue weighted by molar-refractivity contribution is 7.99. The SMILES string of the molecule is O=C(CSc1nnnn1-c1ccccc1F)NCCc1c[nH]c2ccc(F)cc12. The minimum Gasteiger partial charge on any atom is -0.361 e. The van der Waals surface area contributed by atoms with E-state index >= 15 is 0 Å². The maximum atomic E-state index is 13.9. The van der Waals surface area contributed by atoms with Crippen molar-refractivity contribution < 1.29 is 13.6 Å². The first-order valence-electron chi connectivity index (χ1n) is 8.80. The lowest BCUT2D eigenvalue weighted by Gasteiger charge is -2.06. The van der Waals surface area contributed by atoms with Gasteiger partial charge in [0.2, 0.25) is 11.1 Å². The van der Waals surface area contributed by atoms with Gasteiger partial charge in [-0.1, -0.05) is 23.9 Å². The molecule has 4 rings (SSSR count). The number of nitrogens with one attached hydrogen (secondary N) is 2. The summed E-state index contributed by atoms with van der Waals surface area (Å²) in [5.41, 5.74) is 1.99. The molecule has 1 amide bonds. The maximum absolute atomic E-state index is 13.9. The predicted octanol–water partition coefficient (Wildman–Crippen LogP) is 2.87. The number of aromatic amines is 1. The minimum absolute atomic E-state index is 0.0807. The van der Waals surface area contributed by atoms with Crippen LogP contribution < -0.4 is 5.32 Å². The molecule has 0 aliphatic carbocycles. The van der Waals surface area contributed by atoms with Gasteiger partial charge in [-0.05, 0) is 52.7 Å². The molecule has 0 fully saturated rings. The zero-order valence-electron chi connectivity index (χ0n) is 15.1. The number of aromatic nitrogens is 5. The lowest BCUT2D eigenvalue weighted by atomic mass is 10.1. The molecule has 2 N–H and O–H groups in total. The number of rotatable bonds is 7. The Balaban J connectivity index is 1.32. The fourth-order valence-corrected chi connectivity index (χ4v) is 3.63. The molecule has 7 nitrogen and oxygen atoms in total. The van der Waals surface area contributed by atoms with Crippen LogP contribution in [-0.2, 0) is 11.2 Å². The van der Waals surface area contributed by atoms with Crippen molar-refractivity contribution in [3.63, 3.8) is 0 Å². The summed E-state index contributed by atoms with van der Waals surface area (Å²) >= 11 is 1.11. The summed E-state index contributed by atoms with van der Waals surface area (Å²) in [5, 5.41) is 15.1. The number of thioether (sulfide) groups is 1. The van der Waals surface area contributed by atoms with Gasteiger partial charge in [-0.15, -0.1) is 5.10 Å². The van der Waals surface area contributed by atoms with E-state index < -0.39 is 5.82 Å². The van der Waals surface area contributed by atoms with E-state index in [1.807, 2.05) is 6.20 Å². The Kier molecular flexibility index (Phi) is 5.52. The summed E-state index contributed by atoms with van der Waals surface area (Å²) in [7, 11) is 0. The molecule has 10 heteroatoms. The van der Waals surface area contributed by atoms with E-state index in [-0.39, 0.29) is 23.2 Å². The Hall–Kier alpha value is -3.27. The largest absolute Gasteiger partial charge is 0.361 e. The number of tetrazole rings is 1. The van der Waals surface area contributed by atoms with Crippen molar-refractivity contribution in [1.82, 2.24) is 30.5 Å². The number of fused-ring (bicyclic) bond motifs is 1. The van der Waals surface area contributed by atoms with Crippen LogP contribution in [0.3, 0.4) is 0 Å². The highest BCUT2D eigenvalue weighted by Crippen LogP contribution is 2.21. The average molecular weight is 414 g/mol. The maximum Gasteiger partial charge on any atom is 0.230 e. The second-order valence-electron chi connectivity index (χ2n) is 6.22. The Labute approximate surface area is 168 Å². The van der Waals surface area contributed by atoms with Crippen molar-refractivity contribution in [3.05, 3.63) is 65.9 Å². The fourth-order valence-electron chi connectivity index (χ4n) is 2.92. The van der Waals surface area contributed by atoms with Crippen LogP contribution in [0, 0.1) is 11.6 Å². The summed E-state index contributed by atoms with van der Waals surface area (Å²) in [6, 6.07) is 10.7. The monoisotopic (exact) mass is 414 g/mol. The van der Waals surface area contributed by atoms with Crippen LogP contribution in [0.2, 0.25) is 0 Å². The zero-order chi connectivity index (χ0) is 20.2. The molecule has 0 aliphatic heterocycles. The summed E-state index contributed by atoms with van der Waals surface area (Å²) in [6.45, 7) is 0.404. The van der Waals surface area contributed by atoms with Gasteiger partial charge in [0.25, 0.3) is 0 Å². The van der Waals surface area contributed by atoms with E-state index in [1.165, 1.54) is 22.9 Å². The molecule has 2 aromatic heterocycles. The first-order chi connectivity index (χ1) is 14.1. The number of amides is 1. The fraction of sp³-hybridized carbons (Fsp3) is 0.158. The zero-order valence-corrected chi connectivity index (χ0v) is 15.9. The van der Waals surface area contributed by atoms with Crippen molar-refractivity contribution >= 4 is 28.6 Å². The second kappa shape index (κ2) is 8.39. The predicted molar refractivity (Wildman–Crippen MR) is 105 cm³/mol. The second-order valence-corrected chi connectivity index (χ2v) is 7.16. The molecule has 2 heterocycles. The number of para-hydroxylation sites is 1. The average Bonchev–Trinajstić information content (AvgIpc) is 3.34. The Morgan fingerprint density at radius 1 is 1.21 bits per heavy atom. The molecule has 0 unspecified atom stereocenters. The molecule has 0 aliphatic rings. The topological polar surface area (TPSA) is 88.5 Å². The minimum atomic E-state index is -0.457. The van der Waals surface area contributed by atoms with E-state index in [1.54, 1.807) is 24.3 Å². The smallest absolute Gasteiger partial charge is 0.230 e. The number of nitrogens with zero attached hydrogens (tertiary/aromatic N) is 4. The number of carbonyl (C=O) groups is 1. The number of halogens is 2. The number of hydrogen-bond donors (Lipinski definition) is 2. The van der Waals surface area contributed by atoms with Crippen molar-refractivity contribution in [3.8, 4) is 5.69 Å². The third kappa shape index (κ3) is 4.27. The quantitative estimate of drug-likeness (QED) is 0.454. The highest BCUT2D eigenvalue weighted by Gasteiger charge is 2.14. The van der Waals surface area contributed by atoms with Crippen molar-refractivity contribution in [2.45, 2.75) is 11.6 Å². The van der Waals surface area contributed by atoms with Gasteiger partial charge in [-0.3, -0.25) is 4.79 Å². The van der Waals surface area contributed by atoms with Gasteiger partial charge in [0.1, 0.15) is 17.3 Å². The molecular formula is C19H16F2N6OS. The molecule has 0 spiro atoms. The third-order valence-corrected chi connectivity index (χ3v) is 5.22. The lowest BCUT2D eigenvalue weighted by Crippen LogP contribution is -2.27. The Morgan fingerprint density at radius 2 is 2.07 bits per heavy atom. The lowest BCUT2D eigenvalue weighted by molar-refractivity contribution is -0.118. The van der Waals surface area contributed by atoms with Crippen LogP contribution in [0.15, 0.2) is 53.8 Å². The van der Waals surface area contributed by atoms with Gasteiger partial charge in [-0.2, -0.15) is 4.68 Å². The number of H-pyrrole nitrogens is 1. The molecule has 29 heavy (non-hydrogen) atoms. The van der Waals surface area contributed by atoms with Crippen LogP contribution >= 0.6 is 11.8 Å². The van der Waals surface area contributed by atoms with E-state index in [4.69, 9.17) is 0 Å². The molecule has 4 aromatic rings. The van der Waals surface area contributed by atoms with Gasteiger partial charge < -0.3 is 10.3 Å². The number of hydrogen-bond acceptors (Lipinski definition) is 5. The van der Waals surface area contributed by atoms with Crippen LogP contribution in [0.25, 0.3) is 16.6 Å². The molecule has 0 saturated carbocycles. The van der Waals surface area contributed by atoms with Crippen molar-refractivity contribution in [1.29, 1.82) is 0 Å². The van der Waals surface area contributed by atoms with Crippen molar-refractivity contribution in [2.75, 3.05) is 12.3 Å². The van der Waals surface area contributed by atoms with E-state index in [9.17, 15) is 13.6 Å². The third-order valence-electron chi connectivity index (χ3n) is 4.30. The Morgan fingerprint density at radius 3 is 2.93 bits per heavy atom. The van der Waals surface area contributed by atoms with Gasteiger partial charge in [0, 0.05) is 23.6 Å². The van der Waals surface area contributed by atoms with Gasteiger partial charge in [0.15, 0.2) is 0 Å². The Bertz CT molecular complexity index is 1160. The molecule has 0 radical (unpaired) electrons. The van der Waals surface area contributed by atoms with Crippen LogP contribution in [0.5, 0.6) is 0 Å². The van der Waals surface area contributed by atoms with Gasteiger partial charge >= 0.3 is 0 Å². The standard InChI is InChI=1S/C19H16F2N6OS/c20-13-5-6-16-14(9-13)12(10-23-16)7-8-22-18(28)11-29-19-24-25-26-27(19)17-4-2-1-3-15(17)21/h1-6,9-10,23H,7-8,11H2,(H,22,28). The van der Waals surface area contributed by atoms with Crippen LogP contribution in [-0.4, -0.2) is 43.4 Å². The van der Waals surface area contributed by atoms with E-state index in [0.29, 0.717) is 18.1 Å². The summed E-state index contributed by atoms with van der Waals surface area (Å²) in [4.78, 5) is 15.2. The normalized spacial score (nSPS) is 11.1. The highest BCUT2D eigenvalue weighted by atomic mass is 32.2. The molecular weight excluding hydrogens is 398 g/mol. The van der Waals surface area contributed by atoms with Gasteiger partial charge in [0.05, 0.1) is 5.75 Å². The van der Waals surface area contributed by atoms with Crippen molar-refractivity contribution in [2.24, 2.45) is 0 Å². The molecule has 148 valence electrons. The first-order valence-corrected chi connectivity index (χ1v) is 9.78. The summed E-state index contributed by atoms with van der Waals surface area (Å²) in [6.07, 6.45) is 2.38. The molecule has 2 aromatic carbocycles. The molecule has 0 bridgehead atoms. The molecule has 0 atom stereocenters. The summed E-state index contributed by atoms with van der Waals surface area (Å²) in [5.74, 6) is -0.881.